The van der Waals surface area contributed by atoms with Gasteiger partial charge in [-0.2, -0.15) is 5.10 Å². The van der Waals surface area contributed by atoms with Crippen molar-refractivity contribution in [2.45, 2.75) is 44.1 Å². The second-order valence-corrected chi connectivity index (χ2v) is 12.1. The van der Waals surface area contributed by atoms with E-state index in [9.17, 15) is 13.2 Å². The number of amides is 1. The van der Waals surface area contributed by atoms with Gasteiger partial charge in [-0.15, -0.1) is 0 Å². The number of anilines is 1. The van der Waals surface area contributed by atoms with Crippen LogP contribution in [0.4, 0.5) is 5.69 Å². The molecule has 1 saturated carbocycles. The molecule has 0 radical (unpaired) electrons. The normalized spacial score (nSPS) is 19.6. The van der Waals surface area contributed by atoms with Crippen molar-refractivity contribution in [1.29, 1.82) is 0 Å². The summed E-state index contributed by atoms with van der Waals surface area (Å²) in [6, 6.07) is 12.0. The van der Waals surface area contributed by atoms with Crippen molar-refractivity contribution in [2.24, 2.45) is 0 Å². The maximum atomic E-state index is 13.1. The lowest BCUT2D eigenvalue weighted by Gasteiger charge is -2.41. The predicted molar refractivity (Wildman–Crippen MR) is 150 cm³/mol. The average molecular weight is 551 g/mol. The average Bonchev–Trinajstić information content (AvgIpc) is 3.31. The number of fused-ring (bicyclic) bond motifs is 1. The Labute approximate surface area is 228 Å². The van der Waals surface area contributed by atoms with Crippen molar-refractivity contribution in [3.8, 4) is 5.69 Å². The highest BCUT2D eigenvalue weighted by molar-refractivity contribution is 7.92. The zero-order valence-electron chi connectivity index (χ0n) is 22.0. The van der Waals surface area contributed by atoms with E-state index in [0.29, 0.717) is 17.6 Å². The van der Waals surface area contributed by atoms with E-state index in [1.54, 1.807) is 10.7 Å². The maximum Gasteiger partial charge on any atom is 0.283 e. The van der Waals surface area contributed by atoms with E-state index in [2.05, 4.69) is 21.1 Å². The molecule has 0 bridgehead atoms. The smallest absolute Gasteiger partial charge is 0.283 e. The summed E-state index contributed by atoms with van der Waals surface area (Å²) < 4.78 is 33.7. The number of nitrogens with one attached hydrogen (secondary N) is 1. The van der Waals surface area contributed by atoms with Gasteiger partial charge in [0.25, 0.3) is 15.9 Å². The molecule has 39 heavy (non-hydrogen) atoms. The monoisotopic (exact) mass is 550 g/mol. The SMILES string of the molecule is C=CS(=O)(=O)NC(=O)c1cc(N2CCC(N3CCOCC3)CC2)c2c(C3CCC3)nn(-c3ccccc3)c2n1. The molecule has 4 heterocycles. The predicted octanol–water partition coefficient (Wildman–Crippen LogP) is 3.19. The van der Waals surface area contributed by atoms with Crippen LogP contribution in [0.2, 0.25) is 0 Å². The van der Waals surface area contributed by atoms with Crippen molar-refractivity contribution < 1.29 is 17.9 Å². The minimum atomic E-state index is -3.97. The van der Waals surface area contributed by atoms with Crippen LogP contribution in [0, 0.1) is 0 Å². The standard InChI is InChI=1S/C28H34N6O4S/c1-2-39(36,37)31-28(35)23-19-24(33-13-11-21(12-14-33)32-15-17-38-18-16-32)25-26(20-7-6-8-20)30-34(27(25)29-23)22-9-4-3-5-10-22/h2-5,9-10,19-21H,1,6-8,11-18H2,(H,31,35). The summed E-state index contributed by atoms with van der Waals surface area (Å²) in [5, 5.41) is 6.74. The van der Waals surface area contributed by atoms with Gasteiger partial charge in [0.1, 0.15) is 5.69 Å². The highest BCUT2D eigenvalue weighted by Crippen LogP contribution is 2.43. The number of nitrogens with zero attached hydrogens (tertiary/aromatic N) is 5. The number of carbonyl (C=O) groups is 1. The van der Waals surface area contributed by atoms with Crippen molar-refractivity contribution in [3.63, 3.8) is 0 Å². The van der Waals surface area contributed by atoms with Gasteiger partial charge >= 0.3 is 0 Å². The lowest BCUT2D eigenvalue weighted by Crippen LogP contribution is -2.49. The Morgan fingerprint density at radius 1 is 1.05 bits per heavy atom. The van der Waals surface area contributed by atoms with Gasteiger partial charge in [-0.1, -0.05) is 31.2 Å². The third-order valence-corrected chi connectivity index (χ3v) is 9.10. The van der Waals surface area contributed by atoms with E-state index in [0.717, 1.165) is 99.4 Å². The number of carbonyl (C=O) groups excluding carboxylic acids is 1. The Balaban J connectivity index is 1.44. The van der Waals surface area contributed by atoms with Crippen molar-refractivity contribution in [2.75, 3.05) is 44.3 Å². The van der Waals surface area contributed by atoms with Crippen LogP contribution in [0.3, 0.4) is 0 Å². The summed E-state index contributed by atoms with van der Waals surface area (Å²) in [6.07, 6.45) is 5.31. The van der Waals surface area contributed by atoms with Crippen molar-refractivity contribution in [1.82, 2.24) is 24.4 Å². The molecule has 10 nitrogen and oxygen atoms in total. The number of ether oxygens (including phenoxy) is 1. The van der Waals surface area contributed by atoms with E-state index >= 15 is 0 Å². The van der Waals surface area contributed by atoms with E-state index in [1.807, 2.05) is 30.3 Å². The fourth-order valence-corrected chi connectivity index (χ4v) is 6.29. The van der Waals surface area contributed by atoms with Crippen molar-refractivity contribution >= 4 is 32.7 Å². The summed E-state index contributed by atoms with van der Waals surface area (Å²) in [4.78, 5) is 22.7. The molecule has 3 fully saturated rings. The molecule has 6 rings (SSSR count). The summed E-state index contributed by atoms with van der Waals surface area (Å²) in [6.45, 7) is 8.43. The minimum Gasteiger partial charge on any atom is -0.379 e. The lowest BCUT2D eigenvalue weighted by molar-refractivity contribution is 0.0115. The van der Waals surface area contributed by atoms with E-state index in [-0.39, 0.29) is 5.69 Å². The first-order chi connectivity index (χ1) is 18.9. The number of benzene rings is 1. The second kappa shape index (κ2) is 10.7. The Morgan fingerprint density at radius 2 is 1.77 bits per heavy atom. The number of aromatic nitrogens is 3. The third kappa shape index (κ3) is 5.18. The van der Waals surface area contributed by atoms with Crippen LogP contribution in [-0.2, 0) is 14.8 Å². The summed E-state index contributed by atoms with van der Waals surface area (Å²) >= 11 is 0. The number of rotatable bonds is 7. The number of sulfonamides is 1. The molecule has 3 aromatic rings. The molecule has 0 atom stereocenters. The summed E-state index contributed by atoms with van der Waals surface area (Å²) in [7, 11) is -3.97. The van der Waals surface area contributed by atoms with Crippen LogP contribution in [0.1, 0.15) is 54.2 Å². The largest absolute Gasteiger partial charge is 0.379 e. The first kappa shape index (κ1) is 26.0. The highest BCUT2D eigenvalue weighted by atomic mass is 32.2. The Hall–Kier alpha value is -3.28. The van der Waals surface area contributed by atoms with Crippen LogP contribution in [0.15, 0.2) is 48.4 Å². The number of pyridine rings is 1. The first-order valence-electron chi connectivity index (χ1n) is 13.7. The second-order valence-electron chi connectivity index (χ2n) is 10.5. The quantitative estimate of drug-likeness (QED) is 0.478. The van der Waals surface area contributed by atoms with Crippen LogP contribution in [-0.4, -0.2) is 79.4 Å². The van der Waals surface area contributed by atoms with Gasteiger partial charge in [-0.3, -0.25) is 9.69 Å². The highest BCUT2D eigenvalue weighted by Gasteiger charge is 2.33. The number of piperidine rings is 1. The van der Waals surface area contributed by atoms with Crippen LogP contribution in [0.25, 0.3) is 16.7 Å². The van der Waals surface area contributed by atoms with Gasteiger partial charge < -0.3 is 9.64 Å². The third-order valence-electron chi connectivity index (χ3n) is 8.19. The van der Waals surface area contributed by atoms with E-state index < -0.39 is 15.9 Å². The van der Waals surface area contributed by atoms with Gasteiger partial charge in [0.2, 0.25) is 0 Å². The number of hydrogen-bond acceptors (Lipinski definition) is 8. The molecule has 2 aromatic heterocycles. The molecule has 1 aliphatic carbocycles. The lowest BCUT2D eigenvalue weighted by atomic mass is 9.82. The molecule has 11 heteroatoms. The Kier molecular flexibility index (Phi) is 7.13. The summed E-state index contributed by atoms with van der Waals surface area (Å²) in [5.41, 5.74) is 3.34. The Bertz CT molecular complexity index is 1470. The molecular weight excluding hydrogens is 516 g/mol. The molecule has 3 aliphatic rings. The summed E-state index contributed by atoms with van der Waals surface area (Å²) in [5.74, 6) is -0.447. The Morgan fingerprint density at radius 3 is 2.41 bits per heavy atom. The van der Waals surface area contributed by atoms with Gasteiger partial charge in [0.05, 0.1) is 35.7 Å². The van der Waals surface area contributed by atoms with Gasteiger partial charge in [0, 0.05) is 43.5 Å². The number of para-hydroxylation sites is 1. The van der Waals surface area contributed by atoms with Crippen LogP contribution >= 0.6 is 0 Å². The number of morpholine rings is 1. The molecular formula is C28H34N6O4S. The topological polar surface area (TPSA) is 110 Å². The molecule has 0 spiro atoms. The zero-order chi connectivity index (χ0) is 27.0. The van der Waals surface area contributed by atoms with Crippen LogP contribution < -0.4 is 9.62 Å². The van der Waals surface area contributed by atoms with Crippen molar-refractivity contribution in [3.05, 3.63) is 59.8 Å². The molecule has 1 aromatic carbocycles. The minimum absolute atomic E-state index is 0.0375. The molecule has 0 unspecified atom stereocenters. The van der Waals surface area contributed by atoms with Crippen LogP contribution in [0.5, 0.6) is 0 Å². The van der Waals surface area contributed by atoms with E-state index in [1.165, 1.54) is 0 Å². The fourth-order valence-electron chi connectivity index (χ4n) is 5.84. The zero-order valence-corrected chi connectivity index (χ0v) is 22.8. The van der Waals surface area contributed by atoms with E-state index in [4.69, 9.17) is 14.8 Å². The molecule has 206 valence electrons. The molecule has 2 saturated heterocycles. The van der Waals surface area contributed by atoms with Gasteiger partial charge in [-0.05, 0) is 43.9 Å². The number of hydrogen-bond donors (Lipinski definition) is 1. The molecule has 1 N–H and O–H groups in total. The fraction of sp³-hybridized carbons (Fsp3) is 0.464. The molecule has 1 amide bonds. The first-order valence-corrected chi connectivity index (χ1v) is 15.2. The molecule has 2 aliphatic heterocycles. The van der Waals surface area contributed by atoms with Gasteiger partial charge in [-0.25, -0.2) is 22.8 Å². The van der Waals surface area contributed by atoms with Gasteiger partial charge in [0.15, 0.2) is 5.65 Å². The maximum absolute atomic E-state index is 13.1.